The number of hydrogen-bond donors (Lipinski definition) is 0. The highest BCUT2D eigenvalue weighted by Crippen LogP contribution is 2.30. The summed E-state index contributed by atoms with van der Waals surface area (Å²) >= 11 is 0. The lowest BCUT2D eigenvalue weighted by atomic mass is 10.0. The third kappa shape index (κ3) is 1.69. The molecule has 0 unspecified atom stereocenters. The summed E-state index contributed by atoms with van der Waals surface area (Å²) in [6.45, 7) is 7.20. The van der Waals surface area contributed by atoms with Crippen molar-refractivity contribution in [2.24, 2.45) is 0 Å². The molecule has 2 nitrogen and oxygen atoms in total. The molecule has 1 saturated heterocycles. The number of hydrogen-bond acceptors (Lipinski definition) is 2. The van der Waals surface area contributed by atoms with Crippen molar-refractivity contribution in [3.8, 4) is 0 Å². The fourth-order valence-corrected chi connectivity index (χ4v) is 1.30. The fourth-order valence-electron chi connectivity index (χ4n) is 1.30. The number of Topliss-reactive ketones (excluding diaryl/α,β-unsaturated/α-hetero) is 1. The first-order valence-corrected chi connectivity index (χ1v) is 3.89. The molecule has 1 aliphatic rings. The Morgan fingerprint density at radius 2 is 2.45 bits per heavy atom. The largest absolute Gasteiger partial charge is 0.360 e. The zero-order valence-electron chi connectivity index (χ0n) is 7.09. The van der Waals surface area contributed by atoms with Gasteiger partial charge in [0.15, 0.2) is 5.78 Å². The summed E-state index contributed by atoms with van der Waals surface area (Å²) in [5.74, 6) is 0.121. The van der Waals surface area contributed by atoms with E-state index in [4.69, 9.17) is 4.74 Å². The van der Waals surface area contributed by atoms with Gasteiger partial charge in [-0.05, 0) is 26.7 Å². The monoisotopic (exact) mass is 154 g/mol. The molecular weight excluding hydrogens is 140 g/mol. The SMILES string of the molecule is C=C[C@]1(C)CC[C@@H](C(C)=O)O1. The van der Waals surface area contributed by atoms with Gasteiger partial charge in [-0.15, -0.1) is 6.58 Å². The summed E-state index contributed by atoms with van der Waals surface area (Å²) in [5.41, 5.74) is -0.268. The van der Waals surface area contributed by atoms with Crippen LogP contribution in [-0.2, 0) is 9.53 Å². The van der Waals surface area contributed by atoms with E-state index in [1.165, 1.54) is 0 Å². The summed E-state index contributed by atoms with van der Waals surface area (Å²) in [6.07, 6.45) is 3.31. The average molecular weight is 154 g/mol. The zero-order valence-corrected chi connectivity index (χ0v) is 7.09. The maximum Gasteiger partial charge on any atom is 0.158 e. The number of ketones is 1. The molecule has 2 atom stereocenters. The lowest BCUT2D eigenvalue weighted by molar-refractivity contribution is -0.129. The van der Waals surface area contributed by atoms with Crippen molar-refractivity contribution in [1.82, 2.24) is 0 Å². The van der Waals surface area contributed by atoms with Gasteiger partial charge in [0, 0.05) is 0 Å². The Morgan fingerprint density at radius 3 is 2.73 bits per heavy atom. The van der Waals surface area contributed by atoms with Crippen LogP contribution in [0.4, 0.5) is 0 Å². The van der Waals surface area contributed by atoms with Crippen LogP contribution in [0.15, 0.2) is 12.7 Å². The molecule has 0 aromatic rings. The predicted octanol–water partition coefficient (Wildman–Crippen LogP) is 1.70. The highest BCUT2D eigenvalue weighted by molar-refractivity contribution is 5.80. The van der Waals surface area contributed by atoms with Crippen LogP contribution in [0, 0.1) is 0 Å². The van der Waals surface area contributed by atoms with E-state index in [0.717, 1.165) is 12.8 Å². The second-order valence-corrected chi connectivity index (χ2v) is 3.27. The summed E-state index contributed by atoms with van der Waals surface area (Å²) in [5, 5.41) is 0. The Morgan fingerprint density at radius 1 is 1.82 bits per heavy atom. The maximum atomic E-state index is 10.9. The Hall–Kier alpha value is -0.630. The lowest BCUT2D eigenvalue weighted by Gasteiger charge is -2.18. The van der Waals surface area contributed by atoms with E-state index in [2.05, 4.69) is 6.58 Å². The number of carbonyl (C=O) groups is 1. The Labute approximate surface area is 67.2 Å². The molecule has 0 amide bonds. The van der Waals surface area contributed by atoms with Gasteiger partial charge in [-0.2, -0.15) is 0 Å². The van der Waals surface area contributed by atoms with Crippen molar-refractivity contribution in [3.63, 3.8) is 0 Å². The summed E-state index contributed by atoms with van der Waals surface area (Å²) < 4.78 is 5.49. The fraction of sp³-hybridized carbons (Fsp3) is 0.667. The molecule has 1 fully saturated rings. The molecular formula is C9H14O2. The van der Waals surface area contributed by atoms with Gasteiger partial charge in [0.05, 0.1) is 5.60 Å². The van der Waals surface area contributed by atoms with Crippen molar-refractivity contribution in [2.45, 2.75) is 38.4 Å². The summed E-state index contributed by atoms with van der Waals surface area (Å²) in [6, 6.07) is 0. The third-order valence-electron chi connectivity index (χ3n) is 2.20. The van der Waals surface area contributed by atoms with Gasteiger partial charge in [-0.1, -0.05) is 6.08 Å². The van der Waals surface area contributed by atoms with E-state index in [1.807, 2.05) is 6.92 Å². The Balaban J connectivity index is 2.59. The normalized spacial score (nSPS) is 37.1. The quantitative estimate of drug-likeness (QED) is 0.566. The first kappa shape index (κ1) is 8.47. The van der Waals surface area contributed by atoms with Gasteiger partial charge in [-0.25, -0.2) is 0 Å². The second kappa shape index (κ2) is 2.78. The van der Waals surface area contributed by atoms with Gasteiger partial charge in [0.25, 0.3) is 0 Å². The van der Waals surface area contributed by atoms with Crippen molar-refractivity contribution >= 4 is 5.78 Å². The van der Waals surface area contributed by atoms with Gasteiger partial charge < -0.3 is 4.74 Å². The van der Waals surface area contributed by atoms with Crippen LogP contribution in [0.5, 0.6) is 0 Å². The zero-order chi connectivity index (χ0) is 8.48. The molecule has 0 aromatic carbocycles. The van der Waals surface area contributed by atoms with Crippen molar-refractivity contribution in [3.05, 3.63) is 12.7 Å². The highest BCUT2D eigenvalue weighted by Gasteiger charge is 2.35. The van der Waals surface area contributed by atoms with Crippen LogP contribution in [0.25, 0.3) is 0 Å². The van der Waals surface area contributed by atoms with E-state index in [-0.39, 0.29) is 17.5 Å². The molecule has 1 rings (SSSR count). The predicted molar refractivity (Wildman–Crippen MR) is 43.4 cm³/mol. The van der Waals surface area contributed by atoms with Crippen molar-refractivity contribution < 1.29 is 9.53 Å². The van der Waals surface area contributed by atoms with Crippen LogP contribution in [0.1, 0.15) is 26.7 Å². The smallest absolute Gasteiger partial charge is 0.158 e. The van der Waals surface area contributed by atoms with E-state index in [9.17, 15) is 4.79 Å². The van der Waals surface area contributed by atoms with E-state index < -0.39 is 0 Å². The first-order valence-electron chi connectivity index (χ1n) is 3.89. The standard InChI is InChI=1S/C9H14O2/c1-4-9(3)6-5-8(11-9)7(2)10/h4,8H,1,5-6H2,2-3H3/t8-,9+/m0/s1. The van der Waals surface area contributed by atoms with E-state index in [1.54, 1.807) is 13.0 Å². The second-order valence-electron chi connectivity index (χ2n) is 3.27. The number of ether oxygens (including phenoxy) is 1. The van der Waals surface area contributed by atoms with Crippen LogP contribution in [0.3, 0.4) is 0 Å². The van der Waals surface area contributed by atoms with Crippen LogP contribution < -0.4 is 0 Å². The van der Waals surface area contributed by atoms with E-state index >= 15 is 0 Å². The molecule has 62 valence electrons. The average Bonchev–Trinajstić information content (AvgIpc) is 2.33. The molecule has 0 aromatic heterocycles. The third-order valence-corrected chi connectivity index (χ3v) is 2.20. The van der Waals surface area contributed by atoms with E-state index in [0.29, 0.717) is 0 Å². The first-order chi connectivity index (χ1) is 5.07. The number of rotatable bonds is 2. The van der Waals surface area contributed by atoms with Gasteiger partial charge in [0.2, 0.25) is 0 Å². The molecule has 0 saturated carbocycles. The van der Waals surface area contributed by atoms with Crippen molar-refractivity contribution in [2.75, 3.05) is 0 Å². The van der Waals surface area contributed by atoms with Crippen LogP contribution >= 0.6 is 0 Å². The molecule has 11 heavy (non-hydrogen) atoms. The van der Waals surface area contributed by atoms with Gasteiger partial charge in [0.1, 0.15) is 6.10 Å². The minimum absolute atomic E-state index is 0.121. The summed E-state index contributed by atoms with van der Waals surface area (Å²) in [4.78, 5) is 10.9. The van der Waals surface area contributed by atoms with Crippen LogP contribution in [-0.4, -0.2) is 17.5 Å². The molecule has 0 spiro atoms. The number of carbonyl (C=O) groups excluding carboxylic acids is 1. The van der Waals surface area contributed by atoms with Gasteiger partial charge >= 0.3 is 0 Å². The lowest BCUT2D eigenvalue weighted by Crippen LogP contribution is -2.24. The highest BCUT2D eigenvalue weighted by atomic mass is 16.5. The topological polar surface area (TPSA) is 26.3 Å². The molecule has 2 heteroatoms. The molecule has 1 aliphatic heterocycles. The van der Waals surface area contributed by atoms with Crippen LogP contribution in [0.2, 0.25) is 0 Å². The molecule has 1 heterocycles. The summed E-state index contributed by atoms with van der Waals surface area (Å²) in [7, 11) is 0. The molecule has 0 N–H and O–H groups in total. The van der Waals surface area contributed by atoms with Gasteiger partial charge in [-0.3, -0.25) is 4.79 Å². The minimum Gasteiger partial charge on any atom is -0.360 e. The Kier molecular flexibility index (Phi) is 2.14. The Bertz CT molecular complexity index is 186. The molecule has 0 radical (unpaired) electrons. The maximum absolute atomic E-state index is 10.9. The molecule has 0 aliphatic carbocycles. The molecule has 0 bridgehead atoms. The minimum atomic E-state index is -0.268. The van der Waals surface area contributed by atoms with Crippen molar-refractivity contribution in [1.29, 1.82) is 0 Å².